The molecular formula is C42H27N5. The van der Waals surface area contributed by atoms with Crippen molar-refractivity contribution in [1.82, 2.24) is 24.3 Å². The first kappa shape index (κ1) is 26.9. The van der Waals surface area contributed by atoms with Crippen LogP contribution >= 0.6 is 0 Å². The van der Waals surface area contributed by atoms with E-state index < -0.39 is 0 Å². The highest BCUT2D eigenvalue weighted by Crippen LogP contribution is 2.35. The van der Waals surface area contributed by atoms with E-state index in [0.717, 1.165) is 66.9 Å². The molecule has 47 heavy (non-hydrogen) atoms. The van der Waals surface area contributed by atoms with E-state index in [4.69, 9.17) is 19.9 Å². The number of hydrogen-bond donors (Lipinski definition) is 0. The molecule has 5 heteroatoms. The maximum atomic E-state index is 5.22. The molecule has 0 atom stereocenters. The fourth-order valence-corrected chi connectivity index (χ4v) is 6.30. The Hall–Kier alpha value is -6.46. The number of imidazole rings is 1. The second-order valence-corrected chi connectivity index (χ2v) is 11.6. The summed E-state index contributed by atoms with van der Waals surface area (Å²) in [4.78, 5) is 20.4. The van der Waals surface area contributed by atoms with Crippen LogP contribution in [0.3, 0.4) is 0 Å². The average Bonchev–Trinajstić information content (AvgIpc) is 3.54. The summed E-state index contributed by atoms with van der Waals surface area (Å²) in [5.41, 5.74) is 11.6. The molecule has 0 saturated heterocycles. The third-order valence-corrected chi connectivity index (χ3v) is 8.64. The van der Waals surface area contributed by atoms with Crippen LogP contribution < -0.4 is 0 Å². The highest BCUT2D eigenvalue weighted by Gasteiger charge is 2.17. The highest BCUT2D eigenvalue weighted by atomic mass is 15.1. The number of pyridine rings is 2. The molecular weight excluding hydrogens is 574 g/mol. The molecule has 5 aromatic carbocycles. The Bertz CT molecular complexity index is 2550. The summed E-state index contributed by atoms with van der Waals surface area (Å²) in [6, 6.07) is 54.2. The van der Waals surface area contributed by atoms with Gasteiger partial charge in [0.05, 0.1) is 17.1 Å². The Morgan fingerprint density at radius 3 is 1.72 bits per heavy atom. The molecule has 4 aromatic heterocycles. The van der Waals surface area contributed by atoms with Crippen LogP contribution in [0.25, 0.3) is 83.9 Å². The smallest absolute Gasteiger partial charge is 0.165 e. The van der Waals surface area contributed by atoms with Crippen molar-refractivity contribution in [2.45, 2.75) is 0 Å². The van der Waals surface area contributed by atoms with Gasteiger partial charge in [-0.2, -0.15) is 0 Å². The molecule has 0 amide bonds. The van der Waals surface area contributed by atoms with Gasteiger partial charge in [0.1, 0.15) is 11.2 Å². The van der Waals surface area contributed by atoms with Crippen molar-refractivity contribution in [3.8, 4) is 56.3 Å². The molecule has 0 radical (unpaired) electrons. The van der Waals surface area contributed by atoms with Gasteiger partial charge < -0.3 is 0 Å². The third-order valence-electron chi connectivity index (χ3n) is 8.64. The minimum atomic E-state index is 0.663. The van der Waals surface area contributed by atoms with Crippen molar-refractivity contribution >= 4 is 27.6 Å². The van der Waals surface area contributed by atoms with Gasteiger partial charge >= 0.3 is 0 Å². The van der Waals surface area contributed by atoms with Gasteiger partial charge in [0.15, 0.2) is 11.5 Å². The van der Waals surface area contributed by atoms with Crippen LogP contribution in [0.2, 0.25) is 0 Å². The highest BCUT2D eigenvalue weighted by molar-refractivity contribution is 6.09. The lowest BCUT2D eigenvalue weighted by molar-refractivity contribution is 1.18. The van der Waals surface area contributed by atoms with E-state index in [2.05, 4.69) is 120 Å². The summed E-state index contributed by atoms with van der Waals surface area (Å²) in [5.74, 6) is 0.663. The van der Waals surface area contributed by atoms with E-state index in [1.54, 1.807) is 0 Å². The molecule has 9 rings (SSSR count). The first-order valence-corrected chi connectivity index (χ1v) is 15.7. The van der Waals surface area contributed by atoms with E-state index in [1.807, 2.05) is 48.7 Å². The minimum Gasteiger partial charge on any atom is -0.284 e. The molecule has 4 heterocycles. The van der Waals surface area contributed by atoms with Gasteiger partial charge in [-0.15, -0.1) is 0 Å². The number of rotatable bonds is 5. The number of fused-ring (bicyclic) bond motifs is 5. The van der Waals surface area contributed by atoms with Crippen molar-refractivity contribution in [3.05, 3.63) is 164 Å². The van der Waals surface area contributed by atoms with Crippen LogP contribution in [0.1, 0.15) is 0 Å². The van der Waals surface area contributed by atoms with Crippen LogP contribution in [0.15, 0.2) is 164 Å². The summed E-state index contributed by atoms with van der Waals surface area (Å²) in [5, 5.41) is 2.13. The van der Waals surface area contributed by atoms with Gasteiger partial charge in [-0.3, -0.25) is 4.40 Å². The van der Waals surface area contributed by atoms with Crippen molar-refractivity contribution in [2.24, 2.45) is 0 Å². The predicted molar refractivity (Wildman–Crippen MR) is 191 cm³/mol. The zero-order valence-electron chi connectivity index (χ0n) is 25.3. The average molecular weight is 602 g/mol. The zero-order valence-corrected chi connectivity index (χ0v) is 25.3. The first-order chi connectivity index (χ1) is 23.3. The summed E-state index contributed by atoms with van der Waals surface area (Å²) < 4.78 is 2.05. The minimum absolute atomic E-state index is 0.663. The Morgan fingerprint density at radius 1 is 0.383 bits per heavy atom. The van der Waals surface area contributed by atoms with Crippen LogP contribution in [0.4, 0.5) is 0 Å². The van der Waals surface area contributed by atoms with Gasteiger partial charge in [0.25, 0.3) is 0 Å². The quantitative estimate of drug-likeness (QED) is 0.197. The molecule has 0 bridgehead atoms. The van der Waals surface area contributed by atoms with Crippen LogP contribution in [0, 0.1) is 0 Å². The fraction of sp³-hybridized carbons (Fsp3) is 0. The molecule has 0 fully saturated rings. The maximum absolute atomic E-state index is 5.22. The number of benzene rings is 5. The van der Waals surface area contributed by atoms with Gasteiger partial charge in [-0.1, -0.05) is 133 Å². The van der Waals surface area contributed by atoms with Crippen LogP contribution in [0.5, 0.6) is 0 Å². The summed E-state index contributed by atoms with van der Waals surface area (Å²) in [6.45, 7) is 0. The lowest BCUT2D eigenvalue weighted by atomic mass is 10.0. The summed E-state index contributed by atoms with van der Waals surface area (Å²) >= 11 is 0. The monoisotopic (exact) mass is 601 g/mol. The Balaban J connectivity index is 1.20. The Morgan fingerprint density at radius 2 is 0.957 bits per heavy atom. The third kappa shape index (κ3) is 4.82. The summed E-state index contributed by atoms with van der Waals surface area (Å²) in [6.07, 6.45) is 2.02. The standard InChI is InChI=1S/C42H27N5/c1-3-12-28(13-4-1)29-21-23-31(24-22-29)37-27-36(30-14-5-2-6-15-30)43-41(44-37)33-17-11-16-32(26-33)39-34-18-7-8-19-35(34)40-42(46-39)47-25-10-9-20-38(47)45-40/h1-27H. The molecule has 0 aliphatic heterocycles. The van der Waals surface area contributed by atoms with E-state index in [9.17, 15) is 0 Å². The van der Waals surface area contributed by atoms with Gasteiger partial charge in [0.2, 0.25) is 0 Å². The molecule has 0 aliphatic carbocycles. The van der Waals surface area contributed by atoms with E-state index in [1.165, 1.54) is 11.1 Å². The van der Waals surface area contributed by atoms with Crippen molar-refractivity contribution < 1.29 is 0 Å². The van der Waals surface area contributed by atoms with Crippen molar-refractivity contribution in [3.63, 3.8) is 0 Å². The lowest BCUT2D eigenvalue weighted by Gasteiger charge is -2.12. The topological polar surface area (TPSA) is 56.0 Å². The fourth-order valence-electron chi connectivity index (χ4n) is 6.30. The second kappa shape index (κ2) is 11.2. The van der Waals surface area contributed by atoms with Crippen molar-refractivity contribution in [2.75, 3.05) is 0 Å². The predicted octanol–water partition coefficient (Wildman–Crippen LogP) is 10.2. The number of hydrogen-bond acceptors (Lipinski definition) is 4. The van der Waals surface area contributed by atoms with Gasteiger partial charge in [0, 0.05) is 39.2 Å². The van der Waals surface area contributed by atoms with Crippen LogP contribution in [-0.2, 0) is 0 Å². The largest absolute Gasteiger partial charge is 0.284 e. The molecule has 9 aromatic rings. The molecule has 5 nitrogen and oxygen atoms in total. The molecule has 220 valence electrons. The Kier molecular flexibility index (Phi) is 6.39. The SMILES string of the molecule is c1ccc(-c2ccc(-c3cc(-c4ccccc4)nc(-c4cccc(-c5nc6c(nc7ccccn76)c6ccccc56)c4)n3)cc2)cc1. The molecule has 0 aliphatic rings. The van der Waals surface area contributed by atoms with Crippen LogP contribution in [-0.4, -0.2) is 24.3 Å². The maximum Gasteiger partial charge on any atom is 0.165 e. The molecule has 0 saturated carbocycles. The second-order valence-electron chi connectivity index (χ2n) is 11.6. The Labute approximate surface area is 271 Å². The van der Waals surface area contributed by atoms with E-state index in [-0.39, 0.29) is 0 Å². The molecule has 0 unspecified atom stereocenters. The van der Waals surface area contributed by atoms with Crippen molar-refractivity contribution in [1.29, 1.82) is 0 Å². The molecule has 0 N–H and O–H groups in total. The normalized spacial score (nSPS) is 11.4. The van der Waals surface area contributed by atoms with Gasteiger partial charge in [-0.25, -0.2) is 19.9 Å². The zero-order chi connectivity index (χ0) is 31.2. The van der Waals surface area contributed by atoms with E-state index in [0.29, 0.717) is 5.82 Å². The number of aromatic nitrogens is 5. The number of nitrogens with zero attached hydrogens (tertiary/aromatic N) is 5. The van der Waals surface area contributed by atoms with E-state index >= 15 is 0 Å². The molecule has 0 spiro atoms. The summed E-state index contributed by atoms with van der Waals surface area (Å²) in [7, 11) is 0. The lowest BCUT2D eigenvalue weighted by Crippen LogP contribution is -1.97. The van der Waals surface area contributed by atoms with Gasteiger partial charge in [-0.05, 0) is 35.4 Å². The first-order valence-electron chi connectivity index (χ1n) is 15.7.